The van der Waals surface area contributed by atoms with Gasteiger partial charge in [0.05, 0.1) is 24.8 Å². The fourth-order valence-corrected chi connectivity index (χ4v) is 7.36. The van der Waals surface area contributed by atoms with E-state index < -0.39 is 34.3 Å². The number of carbonyl (C=O) groups is 2. The smallest absolute Gasteiger partial charge is 0.264 e. The van der Waals surface area contributed by atoms with Crippen molar-refractivity contribution in [2.45, 2.75) is 55.6 Å². The summed E-state index contributed by atoms with van der Waals surface area (Å²) in [7, 11) is -1.39. The Morgan fingerprint density at radius 3 is 2.08 bits per heavy atom. The van der Waals surface area contributed by atoms with Crippen LogP contribution in [-0.2, 0) is 32.6 Å². The zero-order valence-electron chi connectivity index (χ0n) is 27.0. The van der Waals surface area contributed by atoms with Gasteiger partial charge in [-0.15, -0.1) is 0 Å². The molecule has 0 spiro atoms. The molecule has 1 saturated carbocycles. The van der Waals surface area contributed by atoms with Crippen LogP contribution in [0.15, 0.2) is 108 Å². The highest BCUT2D eigenvalue weighted by atomic mass is 32.2. The number of nitrogens with zero attached hydrogens (tertiary/aromatic N) is 2. The Morgan fingerprint density at radius 2 is 1.46 bits per heavy atom. The third kappa shape index (κ3) is 8.32. The monoisotopic (exact) mass is 673 g/mol. The number of carbonyl (C=O) groups excluding carboxylic acids is 2. The van der Waals surface area contributed by atoms with Crippen LogP contribution in [0.3, 0.4) is 0 Å². The van der Waals surface area contributed by atoms with Gasteiger partial charge >= 0.3 is 0 Å². The molecule has 0 aliphatic heterocycles. The van der Waals surface area contributed by atoms with Crippen LogP contribution in [-0.4, -0.2) is 58.0 Å². The SMILES string of the molecule is COc1ccc(N(CC(=O)N(Cc2ccc(F)cc2)[C@H](Cc2ccccc2)C(=O)NC2CCCC2)S(=O)(=O)c2ccccc2)cc1OC. The number of sulfonamides is 1. The number of ether oxygens (including phenoxy) is 2. The Labute approximate surface area is 281 Å². The van der Waals surface area contributed by atoms with Crippen LogP contribution in [0.4, 0.5) is 10.1 Å². The lowest BCUT2D eigenvalue weighted by molar-refractivity contribution is -0.140. The number of methoxy groups -OCH3 is 2. The zero-order valence-corrected chi connectivity index (χ0v) is 27.9. The highest BCUT2D eigenvalue weighted by Gasteiger charge is 2.36. The van der Waals surface area contributed by atoms with E-state index in [0.29, 0.717) is 11.3 Å². The first-order valence-corrected chi connectivity index (χ1v) is 17.3. The Hall–Kier alpha value is -4.90. The quantitative estimate of drug-likeness (QED) is 0.183. The Morgan fingerprint density at radius 1 is 0.833 bits per heavy atom. The highest BCUT2D eigenvalue weighted by molar-refractivity contribution is 7.92. The summed E-state index contributed by atoms with van der Waals surface area (Å²) in [6.45, 7) is -0.685. The van der Waals surface area contributed by atoms with E-state index in [0.717, 1.165) is 35.6 Å². The number of hydrogen-bond donors (Lipinski definition) is 1. The molecule has 0 saturated heterocycles. The van der Waals surface area contributed by atoms with Gasteiger partial charge in [0.25, 0.3) is 10.0 Å². The van der Waals surface area contributed by atoms with Gasteiger partial charge in [-0.3, -0.25) is 13.9 Å². The van der Waals surface area contributed by atoms with Crippen LogP contribution in [0.5, 0.6) is 11.5 Å². The molecule has 5 rings (SSSR count). The average Bonchev–Trinajstić information content (AvgIpc) is 3.63. The molecule has 4 aromatic rings. The van der Waals surface area contributed by atoms with Crippen molar-refractivity contribution in [3.8, 4) is 11.5 Å². The molecule has 0 unspecified atom stereocenters. The summed E-state index contributed by atoms with van der Waals surface area (Å²) in [5.74, 6) is -0.725. The minimum Gasteiger partial charge on any atom is -0.493 e. The standard InChI is InChI=1S/C37H40FN3O6S/c1-46-34-22-21-31(24-35(34)47-2)41(48(44,45)32-15-7-4-8-16-32)26-36(42)40(25-28-17-19-29(38)20-18-28)33(23-27-11-5-3-6-12-27)37(43)39-30-13-9-10-14-30/h3-8,11-12,15-22,24,30,33H,9-10,13-14,23,25-26H2,1-2H3,(H,39,43)/t33-/m1/s1. The van der Waals surface area contributed by atoms with Crippen molar-refractivity contribution < 1.29 is 31.9 Å². The number of benzene rings is 4. The number of anilines is 1. The molecule has 0 aromatic heterocycles. The predicted octanol–water partition coefficient (Wildman–Crippen LogP) is 5.74. The average molecular weight is 674 g/mol. The second-order valence-electron chi connectivity index (χ2n) is 11.7. The van der Waals surface area contributed by atoms with Crippen LogP contribution in [0.1, 0.15) is 36.8 Å². The maximum atomic E-state index is 14.6. The molecule has 11 heteroatoms. The molecule has 48 heavy (non-hydrogen) atoms. The lowest BCUT2D eigenvalue weighted by Gasteiger charge is -2.34. The fourth-order valence-electron chi connectivity index (χ4n) is 5.94. The van der Waals surface area contributed by atoms with Crippen LogP contribution >= 0.6 is 0 Å². The van der Waals surface area contributed by atoms with Gasteiger partial charge in [-0.1, -0.05) is 73.5 Å². The van der Waals surface area contributed by atoms with Gasteiger partial charge < -0.3 is 19.7 Å². The Bertz CT molecular complexity index is 1780. The van der Waals surface area contributed by atoms with Crippen LogP contribution in [0.25, 0.3) is 0 Å². The minimum absolute atomic E-state index is 0.0136. The third-order valence-electron chi connectivity index (χ3n) is 8.50. The van der Waals surface area contributed by atoms with Gasteiger partial charge in [-0.25, -0.2) is 12.8 Å². The molecule has 1 N–H and O–H groups in total. The maximum absolute atomic E-state index is 14.6. The molecule has 0 radical (unpaired) electrons. The van der Waals surface area contributed by atoms with Gasteiger partial charge in [0.1, 0.15) is 18.4 Å². The summed E-state index contributed by atoms with van der Waals surface area (Å²) < 4.78 is 54.2. The number of amides is 2. The van der Waals surface area contributed by atoms with Crippen LogP contribution < -0.4 is 19.1 Å². The molecule has 1 aliphatic rings. The van der Waals surface area contributed by atoms with Crippen LogP contribution in [0.2, 0.25) is 0 Å². The summed E-state index contributed by atoms with van der Waals surface area (Å²) in [5.41, 5.74) is 1.58. The first kappa shape index (κ1) is 34.4. The molecular formula is C37H40FN3O6S. The van der Waals surface area contributed by atoms with Crippen molar-refractivity contribution in [1.82, 2.24) is 10.2 Å². The number of rotatable bonds is 14. The second-order valence-corrected chi connectivity index (χ2v) is 13.6. The molecule has 0 bridgehead atoms. The number of halogens is 1. The van der Waals surface area contributed by atoms with Crippen molar-refractivity contribution in [2.75, 3.05) is 25.1 Å². The molecule has 4 aromatic carbocycles. The zero-order chi connectivity index (χ0) is 34.1. The summed E-state index contributed by atoms with van der Waals surface area (Å²) in [6.07, 6.45) is 3.89. The van der Waals surface area contributed by atoms with E-state index in [1.807, 2.05) is 30.3 Å². The molecule has 252 valence electrons. The van der Waals surface area contributed by atoms with E-state index in [2.05, 4.69) is 5.32 Å². The first-order chi connectivity index (χ1) is 23.2. The number of nitrogens with one attached hydrogen (secondary N) is 1. The van der Waals surface area contributed by atoms with Crippen molar-refractivity contribution in [3.05, 3.63) is 120 Å². The molecule has 1 aliphatic carbocycles. The van der Waals surface area contributed by atoms with Crippen molar-refractivity contribution in [2.24, 2.45) is 0 Å². The van der Waals surface area contributed by atoms with Gasteiger partial charge in [-0.2, -0.15) is 0 Å². The predicted molar refractivity (Wildman–Crippen MR) is 182 cm³/mol. The van der Waals surface area contributed by atoms with E-state index in [4.69, 9.17) is 9.47 Å². The van der Waals surface area contributed by atoms with E-state index in [1.54, 1.807) is 36.4 Å². The lowest BCUT2D eigenvalue weighted by Crippen LogP contribution is -2.54. The third-order valence-corrected chi connectivity index (χ3v) is 10.3. The molecule has 2 amide bonds. The second kappa shape index (κ2) is 15.8. The van der Waals surface area contributed by atoms with Crippen LogP contribution in [0, 0.1) is 5.82 Å². The van der Waals surface area contributed by atoms with E-state index in [9.17, 15) is 22.4 Å². The van der Waals surface area contributed by atoms with Gasteiger partial charge in [0.15, 0.2) is 11.5 Å². The first-order valence-electron chi connectivity index (χ1n) is 15.9. The molecule has 1 atom stereocenters. The summed E-state index contributed by atoms with van der Waals surface area (Å²) >= 11 is 0. The highest BCUT2D eigenvalue weighted by Crippen LogP contribution is 2.34. The summed E-state index contributed by atoms with van der Waals surface area (Å²) in [5, 5.41) is 3.14. The minimum atomic E-state index is -4.29. The summed E-state index contributed by atoms with van der Waals surface area (Å²) in [4.78, 5) is 30.1. The molecular weight excluding hydrogens is 633 g/mol. The topological polar surface area (TPSA) is 105 Å². The van der Waals surface area contributed by atoms with Crippen molar-refractivity contribution in [3.63, 3.8) is 0 Å². The summed E-state index contributed by atoms with van der Waals surface area (Å²) in [6, 6.07) is 26.4. The lowest BCUT2D eigenvalue weighted by atomic mass is 10.0. The van der Waals surface area contributed by atoms with E-state index in [1.165, 1.54) is 55.5 Å². The van der Waals surface area contributed by atoms with E-state index in [-0.39, 0.29) is 41.2 Å². The van der Waals surface area contributed by atoms with E-state index >= 15 is 0 Å². The van der Waals surface area contributed by atoms with Crippen molar-refractivity contribution in [1.29, 1.82) is 0 Å². The van der Waals surface area contributed by atoms with Gasteiger partial charge in [0.2, 0.25) is 11.8 Å². The Balaban J connectivity index is 1.58. The largest absolute Gasteiger partial charge is 0.493 e. The molecule has 9 nitrogen and oxygen atoms in total. The number of hydrogen-bond acceptors (Lipinski definition) is 6. The fraction of sp³-hybridized carbons (Fsp3) is 0.297. The normalized spacial score (nSPS) is 13.8. The van der Waals surface area contributed by atoms with Gasteiger partial charge in [-0.05, 0) is 60.4 Å². The van der Waals surface area contributed by atoms with Gasteiger partial charge in [0, 0.05) is 25.1 Å². The molecule has 0 heterocycles. The maximum Gasteiger partial charge on any atom is 0.264 e. The Kier molecular flexibility index (Phi) is 11.3. The van der Waals surface area contributed by atoms with Crippen molar-refractivity contribution >= 4 is 27.5 Å². The molecule has 1 fully saturated rings.